The zero-order valence-electron chi connectivity index (χ0n) is 17.6. The minimum absolute atomic E-state index is 0.258. The average Bonchev–Trinajstić information content (AvgIpc) is 2.82. The number of nitrogens with zero attached hydrogens (tertiary/aromatic N) is 2. The van der Waals surface area contributed by atoms with E-state index in [1.165, 1.54) is 6.20 Å². The smallest absolute Gasteiger partial charge is 0.257 e. The Hall–Kier alpha value is -3.13. The number of carbonyl (C=O) groups excluding carboxylic acids is 2. The highest BCUT2D eigenvalue weighted by molar-refractivity contribution is 6.34. The number of hydrogen-bond acceptors (Lipinski definition) is 5. The second-order valence-corrected chi connectivity index (χ2v) is 8.58. The van der Waals surface area contributed by atoms with Crippen molar-refractivity contribution < 1.29 is 14.7 Å². The lowest BCUT2D eigenvalue weighted by atomic mass is 10.1. The number of piperidine rings is 1. The summed E-state index contributed by atoms with van der Waals surface area (Å²) in [6, 6.07) is 14.9. The minimum atomic E-state index is -0.368. The van der Waals surface area contributed by atoms with Gasteiger partial charge in [-0.2, -0.15) is 0 Å². The number of aliphatic hydroxyl groups is 1. The van der Waals surface area contributed by atoms with Gasteiger partial charge in [0.25, 0.3) is 11.8 Å². The first-order valence-corrected chi connectivity index (χ1v) is 11.2. The largest absolute Gasteiger partial charge is 0.393 e. The van der Waals surface area contributed by atoms with E-state index >= 15 is 0 Å². The molecule has 9 heteroatoms. The fourth-order valence-corrected chi connectivity index (χ4v) is 3.88. The van der Waals surface area contributed by atoms with Gasteiger partial charge in [0.1, 0.15) is 5.82 Å². The van der Waals surface area contributed by atoms with Crippen LogP contribution in [0.2, 0.25) is 10.0 Å². The third kappa shape index (κ3) is 5.82. The highest BCUT2D eigenvalue weighted by Gasteiger charge is 2.18. The van der Waals surface area contributed by atoms with Gasteiger partial charge in [-0.05, 0) is 61.4 Å². The zero-order valence-corrected chi connectivity index (χ0v) is 19.1. The summed E-state index contributed by atoms with van der Waals surface area (Å²) >= 11 is 12.2. The molecule has 3 N–H and O–H groups in total. The molecule has 1 saturated heterocycles. The molecule has 2 amide bonds. The molecule has 1 aromatic heterocycles. The number of aliphatic hydroxyl groups excluding tert-OH is 1. The summed E-state index contributed by atoms with van der Waals surface area (Å²) in [6.07, 6.45) is 2.67. The summed E-state index contributed by atoms with van der Waals surface area (Å²) in [5.74, 6) is 0.0708. The van der Waals surface area contributed by atoms with E-state index in [1.807, 2.05) is 0 Å². The van der Waals surface area contributed by atoms with Crippen molar-refractivity contribution in [1.82, 2.24) is 4.98 Å². The molecule has 0 unspecified atom stereocenters. The van der Waals surface area contributed by atoms with E-state index in [0.29, 0.717) is 45.4 Å². The van der Waals surface area contributed by atoms with E-state index in [9.17, 15) is 14.7 Å². The summed E-state index contributed by atoms with van der Waals surface area (Å²) in [6.45, 7) is 1.46. The number of hydrogen-bond donors (Lipinski definition) is 3. The number of carbonyl (C=O) groups is 2. The van der Waals surface area contributed by atoms with Crippen molar-refractivity contribution in [2.75, 3.05) is 28.6 Å². The second kappa shape index (κ2) is 10.2. The van der Waals surface area contributed by atoms with Crippen LogP contribution in [0.4, 0.5) is 17.2 Å². The molecule has 3 aromatic rings. The summed E-state index contributed by atoms with van der Waals surface area (Å²) in [7, 11) is 0. The van der Waals surface area contributed by atoms with E-state index in [0.717, 1.165) is 18.9 Å². The molecule has 0 radical (unpaired) electrons. The Kier molecular flexibility index (Phi) is 7.13. The van der Waals surface area contributed by atoms with Crippen LogP contribution in [0.5, 0.6) is 0 Å². The van der Waals surface area contributed by atoms with Crippen LogP contribution in [0.15, 0.2) is 60.8 Å². The third-order valence-electron chi connectivity index (χ3n) is 5.36. The summed E-state index contributed by atoms with van der Waals surface area (Å²) in [5.41, 5.74) is 1.62. The Labute approximate surface area is 201 Å². The molecule has 4 rings (SSSR count). The lowest BCUT2D eigenvalue weighted by Gasteiger charge is -2.30. The molecule has 7 nitrogen and oxygen atoms in total. The molecule has 1 aliphatic heterocycles. The lowest BCUT2D eigenvalue weighted by molar-refractivity contribution is 0.101. The predicted octanol–water partition coefficient (Wildman–Crippen LogP) is 4.85. The first kappa shape index (κ1) is 23.0. The van der Waals surface area contributed by atoms with Gasteiger partial charge in [-0.15, -0.1) is 0 Å². The summed E-state index contributed by atoms with van der Waals surface area (Å²) < 4.78 is 0. The number of aromatic nitrogens is 1. The maximum Gasteiger partial charge on any atom is 0.257 e. The van der Waals surface area contributed by atoms with Crippen LogP contribution < -0.4 is 15.5 Å². The molecule has 1 fully saturated rings. The molecule has 0 bridgehead atoms. The monoisotopic (exact) mass is 484 g/mol. The normalized spacial score (nSPS) is 14.1. The number of amides is 2. The maximum absolute atomic E-state index is 12.7. The number of nitrogens with one attached hydrogen (secondary N) is 2. The van der Waals surface area contributed by atoms with E-state index in [4.69, 9.17) is 23.2 Å². The van der Waals surface area contributed by atoms with Gasteiger partial charge in [-0.3, -0.25) is 9.59 Å². The minimum Gasteiger partial charge on any atom is -0.393 e. The third-order valence-corrected chi connectivity index (χ3v) is 5.92. The molecule has 33 heavy (non-hydrogen) atoms. The van der Waals surface area contributed by atoms with Crippen LogP contribution in [0.1, 0.15) is 33.6 Å². The van der Waals surface area contributed by atoms with Crippen LogP contribution in [-0.4, -0.2) is 41.1 Å². The van der Waals surface area contributed by atoms with Crippen molar-refractivity contribution in [3.05, 3.63) is 82.0 Å². The van der Waals surface area contributed by atoms with Crippen LogP contribution in [0.25, 0.3) is 0 Å². The number of pyridine rings is 1. The van der Waals surface area contributed by atoms with Crippen LogP contribution in [-0.2, 0) is 0 Å². The van der Waals surface area contributed by atoms with E-state index in [1.54, 1.807) is 54.6 Å². The highest BCUT2D eigenvalue weighted by Crippen LogP contribution is 2.27. The van der Waals surface area contributed by atoms with Gasteiger partial charge in [-0.1, -0.05) is 29.3 Å². The topological polar surface area (TPSA) is 94.6 Å². The fourth-order valence-electron chi connectivity index (χ4n) is 3.53. The number of benzene rings is 2. The first-order chi connectivity index (χ1) is 15.9. The van der Waals surface area contributed by atoms with Gasteiger partial charge in [0.15, 0.2) is 0 Å². The Morgan fingerprint density at radius 2 is 1.70 bits per heavy atom. The van der Waals surface area contributed by atoms with Crippen molar-refractivity contribution >= 4 is 52.2 Å². The number of anilines is 3. The van der Waals surface area contributed by atoms with E-state index in [2.05, 4.69) is 20.5 Å². The number of rotatable bonds is 5. The van der Waals surface area contributed by atoms with Gasteiger partial charge in [0.05, 0.1) is 22.4 Å². The predicted molar refractivity (Wildman–Crippen MR) is 131 cm³/mol. The maximum atomic E-state index is 12.7. The van der Waals surface area contributed by atoms with Crippen molar-refractivity contribution in [2.24, 2.45) is 0 Å². The average molecular weight is 485 g/mol. The Balaban J connectivity index is 1.42. The zero-order chi connectivity index (χ0) is 23.4. The molecule has 0 atom stereocenters. The van der Waals surface area contributed by atoms with Crippen molar-refractivity contribution in [1.29, 1.82) is 0 Å². The Morgan fingerprint density at radius 1 is 0.939 bits per heavy atom. The molecule has 0 saturated carbocycles. The quantitative estimate of drug-likeness (QED) is 0.480. The molecule has 170 valence electrons. The summed E-state index contributed by atoms with van der Waals surface area (Å²) in [5, 5.41) is 16.0. The van der Waals surface area contributed by atoms with Crippen molar-refractivity contribution in [2.45, 2.75) is 18.9 Å². The van der Waals surface area contributed by atoms with Crippen molar-refractivity contribution in [3.8, 4) is 0 Å². The first-order valence-electron chi connectivity index (χ1n) is 10.5. The molecule has 0 aliphatic carbocycles. The molecule has 1 aliphatic rings. The Morgan fingerprint density at radius 3 is 2.39 bits per heavy atom. The van der Waals surface area contributed by atoms with Gasteiger partial charge in [0, 0.05) is 35.6 Å². The highest BCUT2D eigenvalue weighted by atomic mass is 35.5. The van der Waals surface area contributed by atoms with E-state index in [-0.39, 0.29) is 17.9 Å². The number of halogens is 2. The summed E-state index contributed by atoms with van der Waals surface area (Å²) in [4.78, 5) is 31.7. The SMILES string of the molecule is O=C(Nc1ccc(Cl)c(NC(=O)c2cccc(Cl)c2)c1)c1ccc(N2CCC(O)CC2)nc1. The molecule has 0 spiro atoms. The lowest BCUT2D eigenvalue weighted by Crippen LogP contribution is -2.36. The molecular weight excluding hydrogens is 463 g/mol. The van der Waals surface area contributed by atoms with Crippen LogP contribution in [0, 0.1) is 0 Å². The standard InChI is InChI=1S/C24H22Cl2N4O3/c25-17-3-1-2-15(12-17)23(32)29-21-13-18(5-6-20(21)26)28-24(33)16-4-7-22(27-14-16)30-10-8-19(31)9-11-30/h1-7,12-14,19,31H,8-11H2,(H,28,33)(H,29,32). The molecule has 2 aromatic carbocycles. The van der Waals surface area contributed by atoms with Gasteiger partial charge in [0.2, 0.25) is 0 Å². The van der Waals surface area contributed by atoms with Gasteiger partial charge < -0.3 is 20.6 Å². The van der Waals surface area contributed by atoms with Crippen LogP contribution in [0.3, 0.4) is 0 Å². The van der Waals surface area contributed by atoms with E-state index < -0.39 is 0 Å². The fraction of sp³-hybridized carbons (Fsp3) is 0.208. The van der Waals surface area contributed by atoms with Gasteiger partial charge >= 0.3 is 0 Å². The van der Waals surface area contributed by atoms with Crippen molar-refractivity contribution in [3.63, 3.8) is 0 Å². The van der Waals surface area contributed by atoms with Crippen LogP contribution >= 0.6 is 23.2 Å². The second-order valence-electron chi connectivity index (χ2n) is 7.74. The van der Waals surface area contributed by atoms with Gasteiger partial charge in [-0.25, -0.2) is 4.98 Å². The molecular formula is C24H22Cl2N4O3. The molecule has 2 heterocycles. The Bertz CT molecular complexity index is 1160.